The summed E-state index contributed by atoms with van der Waals surface area (Å²) >= 11 is 1.43. The van der Waals surface area contributed by atoms with Crippen LogP contribution in [0.1, 0.15) is 23.4 Å². The number of carbonyl (C=O) groups excluding carboxylic acids is 1. The maximum absolute atomic E-state index is 12.4. The minimum absolute atomic E-state index is 0.0000107. The molecule has 0 saturated carbocycles. The molecule has 3 rings (SSSR count). The molecular weight excluding hydrogens is 338 g/mol. The molecule has 0 aliphatic rings. The van der Waals surface area contributed by atoms with Gasteiger partial charge in [0.25, 0.3) is 5.56 Å². The van der Waals surface area contributed by atoms with Gasteiger partial charge in [0, 0.05) is 11.1 Å². The quantitative estimate of drug-likeness (QED) is 0.713. The molecule has 1 atom stereocenters. The molecular formula is C18H15N3O3S. The van der Waals surface area contributed by atoms with Gasteiger partial charge in [0.05, 0.1) is 17.8 Å². The Hall–Kier alpha value is -3.11. The van der Waals surface area contributed by atoms with Crippen molar-refractivity contribution in [2.45, 2.75) is 13.0 Å². The Bertz CT molecular complexity index is 1000. The predicted molar refractivity (Wildman–Crippen MR) is 95.7 cm³/mol. The van der Waals surface area contributed by atoms with Crippen LogP contribution in [0.4, 0.5) is 5.69 Å². The van der Waals surface area contributed by atoms with Gasteiger partial charge in [-0.1, -0.05) is 12.1 Å². The molecule has 0 amide bonds. The second-order valence-corrected chi connectivity index (χ2v) is 6.17. The molecule has 0 aromatic carbocycles. The van der Waals surface area contributed by atoms with Crippen LogP contribution in [0.15, 0.2) is 52.8 Å². The van der Waals surface area contributed by atoms with Crippen LogP contribution in [0.5, 0.6) is 0 Å². The van der Waals surface area contributed by atoms with Crippen LogP contribution >= 0.6 is 11.3 Å². The van der Waals surface area contributed by atoms with E-state index in [9.17, 15) is 14.9 Å². The van der Waals surface area contributed by atoms with Crippen molar-refractivity contribution < 1.29 is 9.53 Å². The van der Waals surface area contributed by atoms with Crippen molar-refractivity contribution in [2.75, 3.05) is 11.9 Å². The van der Waals surface area contributed by atoms with Crippen molar-refractivity contribution in [3.8, 4) is 6.07 Å². The number of hydrogen-bond donors (Lipinski definition) is 1. The third kappa shape index (κ3) is 3.25. The van der Waals surface area contributed by atoms with E-state index in [0.29, 0.717) is 11.2 Å². The summed E-state index contributed by atoms with van der Waals surface area (Å²) < 4.78 is 6.55. The Kier molecular flexibility index (Phi) is 4.82. The van der Waals surface area contributed by atoms with Gasteiger partial charge in [-0.15, -0.1) is 11.3 Å². The van der Waals surface area contributed by atoms with Gasteiger partial charge in [0.2, 0.25) is 0 Å². The highest BCUT2D eigenvalue weighted by molar-refractivity contribution is 7.10. The van der Waals surface area contributed by atoms with Crippen LogP contribution in [-0.4, -0.2) is 17.0 Å². The highest BCUT2D eigenvalue weighted by atomic mass is 32.1. The summed E-state index contributed by atoms with van der Waals surface area (Å²) in [6.45, 7) is 2.01. The van der Waals surface area contributed by atoms with Crippen LogP contribution in [-0.2, 0) is 9.53 Å². The maximum atomic E-state index is 12.4. The number of nitriles is 1. The number of hydrogen-bond acceptors (Lipinski definition) is 6. The lowest BCUT2D eigenvalue weighted by atomic mass is 10.1. The van der Waals surface area contributed by atoms with Crippen molar-refractivity contribution in [1.82, 2.24) is 4.40 Å². The number of fused-ring (bicyclic) bond motifs is 1. The number of carbonyl (C=O) groups is 1. The van der Waals surface area contributed by atoms with Crippen LogP contribution in [0.25, 0.3) is 5.52 Å². The molecule has 126 valence electrons. The van der Waals surface area contributed by atoms with E-state index in [2.05, 4.69) is 5.32 Å². The standard InChI is InChI=1S/C18H15N3O3S/c1-2-24-18(23)16(15-7-5-9-25-15)20-13-10-12(11-19)17(22)21-8-4-3-6-14(13)21/h3-10,16,20H,2H2,1H3. The second-order valence-electron chi connectivity index (χ2n) is 5.19. The number of nitrogens with zero attached hydrogens (tertiary/aromatic N) is 2. The molecule has 0 spiro atoms. The van der Waals surface area contributed by atoms with Gasteiger partial charge in [-0.25, -0.2) is 4.79 Å². The summed E-state index contributed by atoms with van der Waals surface area (Å²) in [5.41, 5.74) is 0.702. The monoisotopic (exact) mass is 353 g/mol. The van der Waals surface area contributed by atoms with Crippen molar-refractivity contribution >= 4 is 28.5 Å². The van der Waals surface area contributed by atoms with E-state index in [1.165, 1.54) is 21.8 Å². The molecule has 0 fully saturated rings. The zero-order valence-corrected chi connectivity index (χ0v) is 14.2. The fraction of sp³-hybridized carbons (Fsp3) is 0.167. The van der Waals surface area contributed by atoms with Gasteiger partial charge in [0.15, 0.2) is 6.04 Å². The SMILES string of the molecule is CCOC(=O)C(Nc1cc(C#N)c(=O)n2ccccc12)c1cccs1. The van der Waals surface area contributed by atoms with Crippen molar-refractivity contribution in [3.05, 3.63) is 68.8 Å². The Morgan fingerprint density at radius 2 is 2.24 bits per heavy atom. The van der Waals surface area contributed by atoms with Gasteiger partial charge in [-0.3, -0.25) is 9.20 Å². The van der Waals surface area contributed by atoms with Crippen LogP contribution in [0.3, 0.4) is 0 Å². The number of thiophene rings is 1. The highest BCUT2D eigenvalue weighted by Gasteiger charge is 2.24. The first-order chi connectivity index (χ1) is 12.2. The van der Waals surface area contributed by atoms with Gasteiger partial charge in [-0.2, -0.15) is 5.26 Å². The first-order valence-corrected chi connectivity index (χ1v) is 8.54. The lowest BCUT2D eigenvalue weighted by Gasteiger charge is -2.19. The maximum Gasteiger partial charge on any atom is 0.334 e. The van der Waals surface area contributed by atoms with E-state index in [4.69, 9.17) is 4.74 Å². The van der Waals surface area contributed by atoms with E-state index in [0.717, 1.165) is 4.88 Å². The number of nitrogens with one attached hydrogen (secondary N) is 1. The summed E-state index contributed by atoms with van der Waals surface area (Å²) in [4.78, 5) is 25.5. The fourth-order valence-corrected chi connectivity index (χ4v) is 3.29. The lowest BCUT2D eigenvalue weighted by Crippen LogP contribution is -2.24. The van der Waals surface area contributed by atoms with Crippen molar-refractivity contribution in [2.24, 2.45) is 0 Å². The van der Waals surface area contributed by atoms with Gasteiger partial charge in [0.1, 0.15) is 11.6 Å². The van der Waals surface area contributed by atoms with Crippen LogP contribution < -0.4 is 10.9 Å². The van der Waals surface area contributed by atoms with E-state index in [1.807, 2.05) is 23.6 Å². The Balaban J connectivity index is 2.12. The summed E-state index contributed by atoms with van der Waals surface area (Å²) in [6, 6.07) is 11.6. The van der Waals surface area contributed by atoms with E-state index < -0.39 is 17.6 Å². The molecule has 7 heteroatoms. The topological polar surface area (TPSA) is 83.6 Å². The van der Waals surface area contributed by atoms with Gasteiger partial charge >= 0.3 is 5.97 Å². The lowest BCUT2D eigenvalue weighted by molar-refractivity contribution is -0.144. The predicted octanol–water partition coefficient (Wildman–Crippen LogP) is 2.95. The minimum Gasteiger partial charge on any atom is -0.464 e. The number of pyridine rings is 2. The largest absolute Gasteiger partial charge is 0.464 e. The normalized spacial score (nSPS) is 11.7. The smallest absolute Gasteiger partial charge is 0.334 e. The first kappa shape index (κ1) is 16.7. The Morgan fingerprint density at radius 3 is 2.92 bits per heavy atom. The molecule has 0 bridgehead atoms. The van der Waals surface area contributed by atoms with Gasteiger partial charge in [-0.05, 0) is 36.6 Å². The Morgan fingerprint density at radius 1 is 1.40 bits per heavy atom. The molecule has 3 aromatic rings. The molecule has 0 saturated heterocycles. The summed E-state index contributed by atoms with van der Waals surface area (Å²) in [6.07, 6.45) is 1.59. The third-order valence-electron chi connectivity index (χ3n) is 3.64. The van der Waals surface area contributed by atoms with Crippen molar-refractivity contribution in [1.29, 1.82) is 5.26 Å². The highest BCUT2D eigenvalue weighted by Crippen LogP contribution is 2.27. The average molecular weight is 353 g/mol. The average Bonchev–Trinajstić information content (AvgIpc) is 3.16. The fourth-order valence-electron chi connectivity index (χ4n) is 2.53. The van der Waals surface area contributed by atoms with E-state index >= 15 is 0 Å². The van der Waals surface area contributed by atoms with Gasteiger partial charge < -0.3 is 10.1 Å². The second kappa shape index (κ2) is 7.20. The van der Waals surface area contributed by atoms with Crippen LogP contribution in [0, 0.1) is 11.3 Å². The molecule has 0 aliphatic heterocycles. The summed E-state index contributed by atoms with van der Waals surface area (Å²) in [5, 5.41) is 14.2. The molecule has 25 heavy (non-hydrogen) atoms. The van der Waals surface area contributed by atoms with E-state index in [-0.39, 0.29) is 12.2 Å². The minimum atomic E-state index is -0.715. The summed E-state index contributed by atoms with van der Waals surface area (Å²) in [7, 11) is 0. The number of rotatable bonds is 5. The van der Waals surface area contributed by atoms with Crippen LogP contribution in [0.2, 0.25) is 0 Å². The number of ether oxygens (including phenoxy) is 1. The molecule has 3 aromatic heterocycles. The number of esters is 1. The Labute approximate surface area is 147 Å². The molecule has 3 heterocycles. The molecule has 6 nitrogen and oxygen atoms in total. The molecule has 0 aliphatic carbocycles. The number of aromatic nitrogens is 1. The summed E-state index contributed by atoms with van der Waals surface area (Å²) in [5.74, 6) is -0.413. The third-order valence-corrected chi connectivity index (χ3v) is 4.58. The van der Waals surface area contributed by atoms with E-state index in [1.54, 1.807) is 31.3 Å². The van der Waals surface area contributed by atoms with Crippen molar-refractivity contribution in [3.63, 3.8) is 0 Å². The first-order valence-electron chi connectivity index (χ1n) is 7.66. The zero-order chi connectivity index (χ0) is 17.8. The molecule has 1 unspecified atom stereocenters. The molecule has 0 radical (unpaired) electrons. The molecule has 1 N–H and O–H groups in total. The number of anilines is 1. The zero-order valence-electron chi connectivity index (χ0n) is 13.4.